The number of carbonyl (C=O) groups is 2. The first kappa shape index (κ1) is 29.4. The molecule has 1 fully saturated rings. The van der Waals surface area contributed by atoms with Crippen LogP contribution in [0.1, 0.15) is 56.3 Å². The second-order valence-electron chi connectivity index (χ2n) is 11.3. The van der Waals surface area contributed by atoms with Crippen LogP contribution < -0.4 is 11.1 Å². The van der Waals surface area contributed by atoms with Crippen molar-refractivity contribution in [2.75, 3.05) is 40.3 Å². The van der Waals surface area contributed by atoms with E-state index >= 15 is 0 Å². The summed E-state index contributed by atoms with van der Waals surface area (Å²) in [5.74, 6) is 1.67. The van der Waals surface area contributed by atoms with E-state index < -0.39 is 0 Å². The lowest BCUT2D eigenvalue weighted by atomic mass is 9.96. The Morgan fingerprint density at radius 2 is 1.88 bits per heavy atom. The number of allylic oxidation sites excluding steroid dienone is 2. The van der Waals surface area contributed by atoms with Crippen LogP contribution in [0.3, 0.4) is 0 Å². The van der Waals surface area contributed by atoms with E-state index in [-0.39, 0.29) is 23.8 Å². The largest absolute Gasteiger partial charge is 0.368 e. The summed E-state index contributed by atoms with van der Waals surface area (Å²) in [7, 11) is 4.01. The van der Waals surface area contributed by atoms with Crippen LogP contribution in [0.4, 0.5) is 5.69 Å². The number of hydrogen-bond donors (Lipinski definition) is 2. The Kier molecular flexibility index (Phi) is 10.1. The minimum absolute atomic E-state index is 0.0256. The van der Waals surface area contributed by atoms with Crippen LogP contribution >= 0.6 is 0 Å². The minimum atomic E-state index is 0.0256. The highest BCUT2D eigenvalue weighted by Gasteiger charge is 2.25. The van der Waals surface area contributed by atoms with Gasteiger partial charge in [0.15, 0.2) is 0 Å². The van der Waals surface area contributed by atoms with Crippen LogP contribution in [0.5, 0.6) is 0 Å². The maximum absolute atomic E-state index is 13.0. The Bertz CT molecular complexity index is 1220. The summed E-state index contributed by atoms with van der Waals surface area (Å²) in [5, 5.41) is 1.93. The SMILES string of the molecule is CC(C)CCC(=O)N1CC=C(C2=CC=C[NH2+]/C2=N\C(N)=Nc2ccc(C(=O)N(C)C3CCN(C)CC3)cc2)CC1. The quantitative estimate of drug-likeness (QED) is 0.405. The molecule has 1 aromatic carbocycles. The highest BCUT2D eigenvalue weighted by Crippen LogP contribution is 2.22. The minimum Gasteiger partial charge on any atom is -0.368 e. The summed E-state index contributed by atoms with van der Waals surface area (Å²) in [6.45, 7) is 7.62. The topological polar surface area (TPSA) is 111 Å². The fourth-order valence-corrected chi connectivity index (χ4v) is 5.26. The standard InChI is InChI=1S/C31H43N7O2/c1-22(2)7-12-28(39)38-20-13-23(14-21-38)27-6-5-17-33-29(27)35-31(32)34-25-10-8-24(9-11-25)30(40)37(4)26-15-18-36(3)19-16-26/h5-6,8-11,13,17,22,26H,7,12,14-16,18-21H2,1-4H3,(H3,32,33,34,35)/p+1. The number of quaternary nitrogens is 1. The molecule has 0 unspecified atom stereocenters. The van der Waals surface area contributed by atoms with E-state index in [4.69, 9.17) is 5.73 Å². The van der Waals surface area contributed by atoms with Crippen LogP contribution in [0, 0.1) is 5.92 Å². The molecule has 0 spiro atoms. The summed E-state index contributed by atoms with van der Waals surface area (Å²) in [5.41, 5.74) is 9.70. The van der Waals surface area contributed by atoms with Gasteiger partial charge in [-0.3, -0.25) is 14.9 Å². The van der Waals surface area contributed by atoms with Crippen molar-refractivity contribution < 1.29 is 14.9 Å². The Morgan fingerprint density at radius 3 is 2.52 bits per heavy atom. The molecule has 0 atom stereocenters. The molecule has 0 radical (unpaired) electrons. The third-order valence-corrected chi connectivity index (χ3v) is 7.90. The molecule has 4 rings (SSSR count). The van der Waals surface area contributed by atoms with Gasteiger partial charge in [0.25, 0.3) is 5.91 Å². The molecule has 9 heteroatoms. The van der Waals surface area contributed by atoms with Gasteiger partial charge in [-0.2, -0.15) is 4.99 Å². The molecule has 4 N–H and O–H groups in total. The van der Waals surface area contributed by atoms with Gasteiger partial charge in [0.05, 0.1) is 17.5 Å². The van der Waals surface area contributed by atoms with E-state index in [1.165, 1.54) is 0 Å². The maximum Gasteiger partial charge on any atom is 0.253 e. The van der Waals surface area contributed by atoms with Gasteiger partial charge in [0.2, 0.25) is 17.7 Å². The number of carbonyl (C=O) groups excluding carboxylic acids is 2. The lowest BCUT2D eigenvalue weighted by Crippen LogP contribution is -2.83. The smallest absolute Gasteiger partial charge is 0.253 e. The van der Waals surface area contributed by atoms with Crippen LogP contribution in [-0.4, -0.2) is 84.6 Å². The third kappa shape index (κ3) is 7.76. The van der Waals surface area contributed by atoms with E-state index in [2.05, 4.69) is 41.9 Å². The molecule has 214 valence electrons. The monoisotopic (exact) mass is 546 g/mol. The van der Waals surface area contributed by atoms with Crippen molar-refractivity contribution >= 4 is 29.3 Å². The van der Waals surface area contributed by atoms with Gasteiger partial charge < -0.3 is 20.4 Å². The molecule has 0 aliphatic carbocycles. The van der Waals surface area contributed by atoms with Gasteiger partial charge in [0.1, 0.15) is 0 Å². The average Bonchev–Trinajstić information content (AvgIpc) is 2.96. The molecule has 1 saturated heterocycles. The summed E-state index contributed by atoms with van der Waals surface area (Å²) in [4.78, 5) is 40.7. The maximum atomic E-state index is 13.0. The fourth-order valence-electron chi connectivity index (χ4n) is 5.26. The number of guanidine groups is 1. The molecule has 3 aliphatic heterocycles. The predicted molar refractivity (Wildman–Crippen MR) is 160 cm³/mol. The Morgan fingerprint density at radius 1 is 1.15 bits per heavy atom. The van der Waals surface area contributed by atoms with Gasteiger partial charge in [-0.1, -0.05) is 19.9 Å². The molecule has 40 heavy (non-hydrogen) atoms. The number of nitrogens with zero attached hydrogens (tertiary/aromatic N) is 5. The van der Waals surface area contributed by atoms with Crippen LogP contribution in [0.15, 0.2) is 69.8 Å². The molecular weight excluding hydrogens is 502 g/mol. The van der Waals surface area contributed by atoms with Crippen LogP contribution in [0.25, 0.3) is 0 Å². The zero-order valence-corrected chi connectivity index (χ0v) is 24.3. The van der Waals surface area contributed by atoms with E-state index in [9.17, 15) is 9.59 Å². The van der Waals surface area contributed by atoms with Crippen molar-refractivity contribution in [3.8, 4) is 0 Å². The normalized spacial score (nSPS) is 20.1. The third-order valence-electron chi connectivity index (χ3n) is 7.90. The molecule has 3 aliphatic rings. The van der Waals surface area contributed by atoms with E-state index in [1.54, 1.807) is 24.3 Å². The van der Waals surface area contributed by atoms with Gasteiger partial charge in [-0.15, -0.1) is 0 Å². The number of rotatable bonds is 7. The molecule has 9 nitrogen and oxygen atoms in total. The van der Waals surface area contributed by atoms with E-state index in [0.717, 1.165) is 55.8 Å². The summed E-state index contributed by atoms with van der Waals surface area (Å²) in [6.07, 6.45) is 12.4. The van der Waals surface area contributed by atoms with Gasteiger partial charge in [-0.25, -0.2) is 4.99 Å². The van der Waals surface area contributed by atoms with Crippen molar-refractivity contribution in [3.05, 3.63) is 65.4 Å². The van der Waals surface area contributed by atoms with Gasteiger partial charge in [0, 0.05) is 38.2 Å². The summed E-state index contributed by atoms with van der Waals surface area (Å²) in [6, 6.07) is 7.48. The van der Waals surface area contributed by atoms with Crippen LogP contribution in [-0.2, 0) is 4.79 Å². The number of nitrogens with two attached hydrogens (primary N) is 2. The molecule has 3 heterocycles. The fraction of sp³-hybridized carbons (Fsp3) is 0.484. The highest BCUT2D eigenvalue weighted by atomic mass is 16.2. The van der Waals surface area contributed by atoms with E-state index in [1.807, 2.05) is 40.5 Å². The number of amidine groups is 1. The zero-order chi connectivity index (χ0) is 28.6. The number of piperidine rings is 1. The zero-order valence-electron chi connectivity index (χ0n) is 24.3. The number of benzene rings is 1. The van der Waals surface area contributed by atoms with Gasteiger partial charge in [-0.05, 0) is 93.7 Å². The molecule has 1 aromatic rings. The molecule has 0 bridgehead atoms. The number of amides is 2. The van der Waals surface area contributed by atoms with Crippen molar-refractivity contribution in [1.82, 2.24) is 14.7 Å². The highest BCUT2D eigenvalue weighted by molar-refractivity contribution is 6.04. The summed E-state index contributed by atoms with van der Waals surface area (Å²) < 4.78 is 0. The van der Waals surface area contributed by atoms with Crippen molar-refractivity contribution in [3.63, 3.8) is 0 Å². The first-order valence-electron chi connectivity index (χ1n) is 14.4. The average molecular weight is 547 g/mol. The lowest BCUT2D eigenvalue weighted by Gasteiger charge is -2.35. The molecule has 2 amide bonds. The molecule has 0 saturated carbocycles. The molecular formula is C31H44N7O2+. The first-order chi connectivity index (χ1) is 19.2. The lowest BCUT2D eigenvalue weighted by molar-refractivity contribution is -0.461. The number of aliphatic imine (C=N–C) groups is 2. The van der Waals surface area contributed by atoms with Crippen molar-refractivity contribution in [2.45, 2.75) is 52.0 Å². The second-order valence-corrected chi connectivity index (χ2v) is 11.3. The Hall–Kier alpha value is -3.56. The van der Waals surface area contributed by atoms with E-state index in [0.29, 0.717) is 36.7 Å². The molecule has 0 aromatic heterocycles. The van der Waals surface area contributed by atoms with Gasteiger partial charge >= 0.3 is 0 Å². The first-order valence-corrected chi connectivity index (χ1v) is 14.4. The van der Waals surface area contributed by atoms with Crippen molar-refractivity contribution in [2.24, 2.45) is 21.6 Å². The predicted octanol–water partition coefficient (Wildman–Crippen LogP) is 2.81. The number of likely N-dealkylation sites (tertiary alicyclic amines) is 1. The number of hydrogen-bond acceptors (Lipinski definition) is 4. The van der Waals surface area contributed by atoms with Crippen molar-refractivity contribution in [1.29, 1.82) is 0 Å². The summed E-state index contributed by atoms with van der Waals surface area (Å²) >= 11 is 0. The Balaban J connectivity index is 1.39. The Labute approximate surface area is 238 Å². The second kappa shape index (κ2) is 13.7. The van der Waals surface area contributed by atoms with Crippen LogP contribution in [0.2, 0.25) is 0 Å².